The first-order valence-electron chi connectivity index (χ1n) is 2.62. The van der Waals surface area contributed by atoms with Gasteiger partial charge >= 0.3 is 0 Å². The first kappa shape index (κ1) is 7.48. The van der Waals surface area contributed by atoms with Crippen molar-refractivity contribution in [3.8, 4) is 0 Å². The van der Waals surface area contributed by atoms with Gasteiger partial charge in [-0.15, -0.1) is 11.6 Å². The highest BCUT2D eigenvalue weighted by Gasteiger charge is 2.00. The van der Waals surface area contributed by atoms with Crippen LogP contribution in [0.4, 0.5) is 8.78 Å². The maximum Gasteiger partial charge on any atom is 0.130 e. The molecule has 0 amide bonds. The molecule has 1 radical (unpaired) electrons. The van der Waals surface area contributed by atoms with Crippen molar-refractivity contribution in [1.82, 2.24) is 0 Å². The third kappa shape index (κ3) is 1.45. The van der Waals surface area contributed by atoms with E-state index < -0.39 is 11.6 Å². The molecule has 0 spiro atoms. The molecule has 0 unspecified atom stereocenters. The number of rotatable bonds is 1. The van der Waals surface area contributed by atoms with Crippen molar-refractivity contribution in [2.45, 2.75) is 0 Å². The normalized spacial score (nSPS) is 9.90. The fourth-order valence-electron chi connectivity index (χ4n) is 0.590. The fourth-order valence-corrected chi connectivity index (χ4v) is 0.767. The zero-order valence-corrected chi connectivity index (χ0v) is 5.70. The van der Waals surface area contributed by atoms with Crippen LogP contribution in [0.1, 0.15) is 5.56 Å². The zero-order valence-electron chi connectivity index (χ0n) is 4.94. The molecule has 0 N–H and O–H groups in total. The predicted octanol–water partition coefficient (Wildman–Crippen LogP) is 2.71. The van der Waals surface area contributed by atoms with Crippen molar-refractivity contribution in [3.05, 3.63) is 41.3 Å². The van der Waals surface area contributed by atoms with Crippen LogP contribution in [0.2, 0.25) is 0 Å². The molecule has 3 heteroatoms. The average Bonchev–Trinajstić information content (AvgIpc) is 1.88. The third-order valence-corrected chi connectivity index (χ3v) is 1.32. The van der Waals surface area contributed by atoms with Crippen LogP contribution in [-0.4, -0.2) is 0 Å². The summed E-state index contributed by atoms with van der Waals surface area (Å²) in [5.41, 5.74) is 0.197. The maximum absolute atomic E-state index is 12.5. The van der Waals surface area contributed by atoms with Gasteiger partial charge in [0.25, 0.3) is 0 Å². The van der Waals surface area contributed by atoms with Gasteiger partial charge < -0.3 is 0 Å². The predicted molar refractivity (Wildman–Crippen MR) is 35.6 cm³/mol. The molecule has 1 aromatic carbocycles. The second kappa shape index (κ2) is 2.97. The van der Waals surface area contributed by atoms with E-state index in [4.69, 9.17) is 11.6 Å². The van der Waals surface area contributed by atoms with Crippen molar-refractivity contribution in [1.29, 1.82) is 0 Å². The summed E-state index contributed by atoms with van der Waals surface area (Å²) >= 11 is 5.20. The average molecular weight is 162 g/mol. The van der Waals surface area contributed by atoms with E-state index >= 15 is 0 Å². The van der Waals surface area contributed by atoms with Crippen LogP contribution in [0.25, 0.3) is 0 Å². The van der Waals surface area contributed by atoms with E-state index in [2.05, 4.69) is 0 Å². The van der Waals surface area contributed by atoms with Gasteiger partial charge in [-0.25, -0.2) is 8.78 Å². The summed E-state index contributed by atoms with van der Waals surface area (Å²) < 4.78 is 24.7. The van der Waals surface area contributed by atoms with E-state index in [1.807, 2.05) is 0 Å². The molecule has 0 atom stereocenters. The lowest BCUT2D eigenvalue weighted by Gasteiger charge is -1.95. The summed E-state index contributed by atoms with van der Waals surface area (Å²) in [4.78, 5) is 0. The molecular weight excluding hydrogens is 158 g/mol. The minimum absolute atomic E-state index is 0.197. The second-order valence-electron chi connectivity index (χ2n) is 1.77. The van der Waals surface area contributed by atoms with Crippen LogP contribution >= 0.6 is 11.6 Å². The lowest BCUT2D eigenvalue weighted by Crippen LogP contribution is -1.84. The standard InChI is InChI=1S/C7H4ClF2/c8-4-5-1-2-6(9)3-7(5)10/h1-4H. The molecule has 53 valence electrons. The van der Waals surface area contributed by atoms with E-state index in [-0.39, 0.29) is 5.56 Å². The molecule has 0 aliphatic heterocycles. The van der Waals surface area contributed by atoms with Crippen LogP contribution in [0.3, 0.4) is 0 Å². The van der Waals surface area contributed by atoms with Gasteiger partial charge in [-0.2, -0.15) is 0 Å². The Morgan fingerprint density at radius 1 is 1.30 bits per heavy atom. The second-order valence-corrected chi connectivity index (χ2v) is 1.99. The van der Waals surface area contributed by atoms with Crippen LogP contribution in [0.5, 0.6) is 0 Å². The highest BCUT2D eigenvalue weighted by molar-refractivity contribution is 6.25. The number of halogens is 3. The molecule has 0 saturated heterocycles. The topological polar surface area (TPSA) is 0 Å². The number of benzene rings is 1. The molecule has 0 aliphatic rings. The van der Waals surface area contributed by atoms with Crippen molar-refractivity contribution >= 4 is 11.6 Å². The lowest BCUT2D eigenvalue weighted by molar-refractivity contribution is 0.580. The van der Waals surface area contributed by atoms with Gasteiger partial charge in [0, 0.05) is 11.6 Å². The monoisotopic (exact) mass is 161 g/mol. The zero-order chi connectivity index (χ0) is 7.56. The van der Waals surface area contributed by atoms with Gasteiger partial charge in [0.2, 0.25) is 0 Å². The van der Waals surface area contributed by atoms with Gasteiger partial charge in [0.05, 0.1) is 5.88 Å². The smallest absolute Gasteiger partial charge is 0.130 e. The van der Waals surface area contributed by atoms with Crippen molar-refractivity contribution in [2.75, 3.05) is 0 Å². The van der Waals surface area contributed by atoms with Gasteiger partial charge in [-0.3, -0.25) is 0 Å². The Labute approximate surface area is 62.4 Å². The van der Waals surface area contributed by atoms with Crippen LogP contribution in [-0.2, 0) is 0 Å². The van der Waals surface area contributed by atoms with Gasteiger partial charge in [-0.1, -0.05) is 6.07 Å². The Balaban J connectivity index is 3.07. The molecule has 0 heterocycles. The highest BCUT2D eigenvalue weighted by Crippen LogP contribution is 2.12. The molecule has 0 aromatic heterocycles. The van der Waals surface area contributed by atoms with E-state index in [9.17, 15) is 8.78 Å². The molecule has 0 aliphatic carbocycles. The first-order valence-corrected chi connectivity index (χ1v) is 3.06. The quantitative estimate of drug-likeness (QED) is 0.594. The third-order valence-electron chi connectivity index (χ3n) is 1.08. The first-order chi connectivity index (χ1) is 4.74. The summed E-state index contributed by atoms with van der Waals surface area (Å²) in [7, 11) is 0. The summed E-state index contributed by atoms with van der Waals surface area (Å²) in [6, 6.07) is 3.21. The largest absolute Gasteiger partial charge is 0.207 e. The molecule has 10 heavy (non-hydrogen) atoms. The van der Waals surface area contributed by atoms with E-state index in [1.54, 1.807) is 0 Å². The van der Waals surface area contributed by atoms with Gasteiger partial charge in [0.1, 0.15) is 11.6 Å². The van der Waals surface area contributed by atoms with Crippen molar-refractivity contribution in [3.63, 3.8) is 0 Å². The lowest BCUT2D eigenvalue weighted by atomic mass is 10.2. The van der Waals surface area contributed by atoms with Gasteiger partial charge in [0.15, 0.2) is 0 Å². The molecule has 0 saturated carbocycles. The Kier molecular flexibility index (Phi) is 2.22. The Morgan fingerprint density at radius 2 is 2.00 bits per heavy atom. The molecule has 1 aromatic rings. The molecule has 0 nitrogen and oxygen atoms in total. The van der Waals surface area contributed by atoms with E-state index in [0.29, 0.717) is 0 Å². The Morgan fingerprint density at radius 3 is 2.50 bits per heavy atom. The van der Waals surface area contributed by atoms with Crippen LogP contribution in [0.15, 0.2) is 18.2 Å². The summed E-state index contributed by atoms with van der Waals surface area (Å²) in [6.07, 6.45) is 0. The summed E-state index contributed by atoms with van der Waals surface area (Å²) in [6.45, 7) is 0. The molecule has 1 rings (SSSR count). The van der Waals surface area contributed by atoms with Crippen molar-refractivity contribution < 1.29 is 8.78 Å². The fraction of sp³-hybridized carbons (Fsp3) is 0. The summed E-state index contributed by atoms with van der Waals surface area (Å²) in [5, 5.41) is 0. The molecule has 0 bridgehead atoms. The van der Waals surface area contributed by atoms with Crippen LogP contribution < -0.4 is 0 Å². The highest BCUT2D eigenvalue weighted by atomic mass is 35.5. The number of hydrogen-bond donors (Lipinski definition) is 0. The minimum Gasteiger partial charge on any atom is -0.207 e. The Hall–Kier alpha value is -0.630. The van der Waals surface area contributed by atoms with E-state index in [1.165, 1.54) is 6.07 Å². The van der Waals surface area contributed by atoms with Crippen LogP contribution in [0, 0.1) is 17.5 Å². The molecule has 0 fully saturated rings. The van der Waals surface area contributed by atoms with Gasteiger partial charge in [-0.05, 0) is 6.07 Å². The van der Waals surface area contributed by atoms with E-state index in [0.717, 1.165) is 18.0 Å². The summed E-state index contributed by atoms with van der Waals surface area (Å²) in [5.74, 6) is -0.177. The SMILES string of the molecule is Fc1ccc([CH]Cl)c(F)c1. The minimum atomic E-state index is -0.644. The van der Waals surface area contributed by atoms with Crippen molar-refractivity contribution in [2.24, 2.45) is 0 Å². The molecular formula is C7H4ClF2. The number of hydrogen-bond acceptors (Lipinski definition) is 0. The Bertz CT molecular complexity index is 235. The maximum atomic E-state index is 12.5.